The van der Waals surface area contributed by atoms with Crippen molar-refractivity contribution in [3.05, 3.63) is 24.3 Å². The van der Waals surface area contributed by atoms with Gasteiger partial charge in [0.15, 0.2) is 9.84 Å². The zero-order chi connectivity index (χ0) is 15.5. The molecule has 1 fully saturated rings. The Morgan fingerprint density at radius 1 is 1.14 bits per heavy atom. The Bertz CT molecular complexity index is 626. The van der Waals surface area contributed by atoms with Crippen LogP contribution in [-0.4, -0.2) is 30.4 Å². The summed E-state index contributed by atoms with van der Waals surface area (Å²) in [4.78, 5) is 12.8. The molecule has 0 N–H and O–H groups in total. The maximum absolute atomic E-state index is 12.2. The van der Waals surface area contributed by atoms with Crippen molar-refractivity contribution < 1.29 is 17.4 Å². The minimum Gasteiger partial charge on any atom is -0.298 e. The molecule has 1 aliphatic rings. The lowest BCUT2D eigenvalue weighted by Crippen LogP contribution is -2.23. The van der Waals surface area contributed by atoms with E-state index in [9.17, 15) is 17.4 Å². The number of hydrogen-bond acceptors (Lipinski definition) is 4. The SMILES string of the molecule is CS(=O)(=O)c1ccc(S(=O)CC(=O)C2CCCCC2)cc1. The van der Waals surface area contributed by atoms with Crippen molar-refractivity contribution in [2.75, 3.05) is 12.0 Å². The van der Waals surface area contributed by atoms with Gasteiger partial charge in [-0.1, -0.05) is 19.3 Å². The van der Waals surface area contributed by atoms with Crippen LogP contribution in [0.4, 0.5) is 0 Å². The van der Waals surface area contributed by atoms with E-state index in [-0.39, 0.29) is 22.3 Å². The number of hydrogen-bond donors (Lipinski definition) is 0. The summed E-state index contributed by atoms with van der Waals surface area (Å²) in [5, 5.41) is 0. The molecule has 1 aromatic carbocycles. The van der Waals surface area contributed by atoms with Crippen LogP contribution < -0.4 is 0 Å². The topological polar surface area (TPSA) is 68.3 Å². The molecule has 6 heteroatoms. The van der Waals surface area contributed by atoms with E-state index < -0.39 is 20.6 Å². The van der Waals surface area contributed by atoms with Crippen molar-refractivity contribution >= 4 is 26.4 Å². The van der Waals surface area contributed by atoms with E-state index in [1.165, 1.54) is 30.7 Å². The molecular weight excluding hydrogens is 308 g/mol. The average molecular weight is 328 g/mol. The molecule has 116 valence electrons. The maximum atomic E-state index is 12.2. The fourth-order valence-corrected chi connectivity index (χ4v) is 4.32. The van der Waals surface area contributed by atoms with E-state index >= 15 is 0 Å². The molecule has 1 unspecified atom stereocenters. The Balaban J connectivity index is 2.01. The Morgan fingerprint density at radius 3 is 2.24 bits per heavy atom. The van der Waals surface area contributed by atoms with E-state index in [2.05, 4.69) is 0 Å². The molecule has 0 aliphatic heterocycles. The first kappa shape index (κ1) is 16.4. The number of sulfone groups is 1. The second-order valence-corrected chi connectivity index (χ2v) is 9.00. The molecule has 2 rings (SSSR count). The summed E-state index contributed by atoms with van der Waals surface area (Å²) in [7, 11) is -4.65. The molecule has 1 aliphatic carbocycles. The lowest BCUT2D eigenvalue weighted by Gasteiger charge is -2.19. The van der Waals surface area contributed by atoms with E-state index in [4.69, 9.17) is 0 Å². The first-order valence-corrected chi connectivity index (χ1v) is 10.3. The van der Waals surface area contributed by atoms with Crippen molar-refractivity contribution in [2.45, 2.75) is 41.9 Å². The van der Waals surface area contributed by atoms with Gasteiger partial charge in [-0.05, 0) is 37.1 Å². The summed E-state index contributed by atoms with van der Waals surface area (Å²) < 4.78 is 34.9. The molecule has 0 radical (unpaired) electrons. The molecule has 0 aromatic heterocycles. The van der Waals surface area contributed by atoms with E-state index in [0.717, 1.165) is 31.9 Å². The van der Waals surface area contributed by atoms with Gasteiger partial charge < -0.3 is 0 Å². The number of Topliss-reactive ketones (excluding diaryl/α,β-unsaturated/α-hetero) is 1. The number of carbonyl (C=O) groups excluding carboxylic acids is 1. The average Bonchev–Trinajstić information content (AvgIpc) is 2.47. The third-order valence-electron chi connectivity index (χ3n) is 3.85. The number of ketones is 1. The highest BCUT2D eigenvalue weighted by molar-refractivity contribution is 7.90. The standard InChI is InChI=1S/C15H20O4S2/c1-21(18,19)14-9-7-13(8-10-14)20(17)11-15(16)12-5-3-2-4-6-12/h7-10,12H,2-6,11H2,1H3. The van der Waals surface area contributed by atoms with Crippen LogP contribution in [0, 0.1) is 5.92 Å². The van der Waals surface area contributed by atoms with Gasteiger partial charge in [-0.15, -0.1) is 0 Å². The fourth-order valence-electron chi connectivity index (χ4n) is 2.59. The van der Waals surface area contributed by atoms with Crippen LogP contribution in [0.3, 0.4) is 0 Å². The molecule has 0 bridgehead atoms. The van der Waals surface area contributed by atoms with Crippen LogP contribution in [0.5, 0.6) is 0 Å². The van der Waals surface area contributed by atoms with Crippen LogP contribution in [0.15, 0.2) is 34.1 Å². The van der Waals surface area contributed by atoms with Crippen molar-refractivity contribution in [1.29, 1.82) is 0 Å². The summed E-state index contributed by atoms with van der Waals surface area (Å²) in [5.74, 6) is 0.154. The predicted molar refractivity (Wildman–Crippen MR) is 82.4 cm³/mol. The van der Waals surface area contributed by atoms with Crippen LogP contribution in [0.1, 0.15) is 32.1 Å². The lowest BCUT2D eigenvalue weighted by molar-refractivity contribution is -0.121. The summed E-state index contributed by atoms with van der Waals surface area (Å²) >= 11 is 0. The van der Waals surface area contributed by atoms with Gasteiger partial charge in [0, 0.05) is 17.1 Å². The summed E-state index contributed by atoms with van der Waals surface area (Å²) in [5.41, 5.74) is 0. The highest BCUT2D eigenvalue weighted by Crippen LogP contribution is 2.25. The molecule has 1 aromatic rings. The summed E-state index contributed by atoms with van der Waals surface area (Å²) in [6, 6.07) is 5.93. The van der Waals surface area contributed by atoms with Crippen molar-refractivity contribution in [3.63, 3.8) is 0 Å². The monoisotopic (exact) mass is 328 g/mol. The second kappa shape index (κ2) is 6.83. The van der Waals surface area contributed by atoms with Crippen LogP contribution >= 0.6 is 0 Å². The number of rotatable bonds is 5. The second-order valence-electron chi connectivity index (χ2n) is 5.53. The largest absolute Gasteiger partial charge is 0.298 e. The van der Waals surface area contributed by atoms with Crippen LogP contribution in [-0.2, 0) is 25.4 Å². The zero-order valence-electron chi connectivity index (χ0n) is 12.1. The Kier molecular flexibility index (Phi) is 5.32. The fraction of sp³-hybridized carbons (Fsp3) is 0.533. The third-order valence-corrected chi connectivity index (χ3v) is 6.32. The normalized spacial score (nSPS) is 18.3. The Hall–Kier alpha value is -1.01. The first-order chi connectivity index (χ1) is 9.88. The Morgan fingerprint density at radius 2 is 1.71 bits per heavy atom. The minimum atomic E-state index is -3.25. The Labute approximate surface area is 128 Å². The van der Waals surface area contributed by atoms with Gasteiger partial charge in [0.2, 0.25) is 0 Å². The number of benzene rings is 1. The van der Waals surface area contributed by atoms with Crippen molar-refractivity contribution in [1.82, 2.24) is 0 Å². The smallest absolute Gasteiger partial charge is 0.175 e. The van der Waals surface area contributed by atoms with Gasteiger partial charge >= 0.3 is 0 Å². The van der Waals surface area contributed by atoms with Gasteiger partial charge in [-0.2, -0.15) is 0 Å². The molecule has 21 heavy (non-hydrogen) atoms. The van der Waals surface area contributed by atoms with E-state index in [1.807, 2.05) is 0 Å². The molecule has 0 heterocycles. The molecule has 1 atom stereocenters. The summed E-state index contributed by atoms with van der Waals surface area (Å²) in [6.45, 7) is 0. The molecular formula is C15H20O4S2. The molecule has 1 saturated carbocycles. The van der Waals surface area contributed by atoms with Crippen LogP contribution in [0.25, 0.3) is 0 Å². The lowest BCUT2D eigenvalue weighted by atomic mass is 9.87. The maximum Gasteiger partial charge on any atom is 0.175 e. The zero-order valence-corrected chi connectivity index (χ0v) is 13.7. The quantitative estimate of drug-likeness (QED) is 0.832. The van der Waals surface area contributed by atoms with Gasteiger partial charge in [-0.3, -0.25) is 9.00 Å². The van der Waals surface area contributed by atoms with Crippen molar-refractivity contribution in [3.8, 4) is 0 Å². The van der Waals surface area contributed by atoms with Gasteiger partial charge in [0.1, 0.15) is 5.78 Å². The minimum absolute atomic E-state index is 0.0306. The highest BCUT2D eigenvalue weighted by Gasteiger charge is 2.23. The van der Waals surface area contributed by atoms with Crippen molar-refractivity contribution in [2.24, 2.45) is 5.92 Å². The number of carbonyl (C=O) groups is 1. The molecule has 0 spiro atoms. The van der Waals surface area contributed by atoms with Crippen LogP contribution in [0.2, 0.25) is 0 Å². The van der Waals surface area contributed by atoms with Gasteiger partial charge in [0.25, 0.3) is 0 Å². The molecule has 0 saturated heterocycles. The molecule has 4 nitrogen and oxygen atoms in total. The highest BCUT2D eigenvalue weighted by atomic mass is 32.2. The first-order valence-electron chi connectivity index (χ1n) is 7.09. The van der Waals surface area contributed by atoms with E-state index in [0.29, 0.717) is 4.90 Å². The molecule has 0 amide bonds. The summed E-state index contributed by atoms with van der Waals surface area (Å²) in [6.07, 6.45) is 6.27. The predicted octanol–water partition coefficient (Wildman–Crippen LogP) is 2.35. The third kappa shape index (κ3) is 4.48. The van der Waals surface area contributed by atoms with E-state index in [1.54, 1.807) is 0 Å². The van der Waals surface area contributed by atoms with Gasteiger partial charge in [0.05, 0.1) is 21.4 Å². The van der Waals surface area contributed by atoms with Gasteiger partial charge in [-0.25, -0.2) is 8.42 Å².